The highest BCUT2D eigenvalue weighted by molar-refractivity contribution is 7.89. The van der Waals surface area contributed by atoms with E-state index in [1.165, 1.54) is 25.4 Å². The molecule has 1 heterocycles. The van der Waals surface area contributed by atoms with Crippen molar-refractivity contribution in [1.29, 1.82) is 0 Å². The molecule has 1 aromatic heterocycles. The molecule has 0 saturated heterocycles. The second-order valence-corrected chi connectivity index (χ2v) is 9.31. The number of amides is 1. The molecule has 0 radical (unpaired) electrons. The van der Waals surface area contributed by atoms with Gasteiger partial charge >= 0.3 is 0 Å². The summed E-state index contributed by atoms with van der Waals surface area (Å²) in [6, 6.07) is 10.8. The molecule has 1 N–H and O–H groups in total. The normalized spacial score (nSPS) is 11.1. The molecule has 1 amide bonds. The molecule has 0 unspecified atom stereocenters. The lowest BCUT2D eigenvalue weighted by Gasteiger charge is -2.13. The first-order valence-corrected chi connectivity index (χ1v) is 11.6. The SMILES string of the molecule is COc1cc(C(=O)NS(C)(=O)=O)ccc1-c1cnc(Oc2cc(Cl)ccc2Cl)c(Cl)c1. The number of rotatable bonds is 6. The third-order valence-electron chi connectivity index (χ3n) is 3.96. The van der Waals surface area contributed by atoms with Crippen LogP contribution in [-0.2, 0) is 10.0 Å². The predicted octanol–water partition coefficient (Wildman–Crippen LogP) is 5.20. The number of carbonyl (C=O) groups excluding carboxylic acids is 1. The van der Waals surface area contributed by atoms with Crippen LogP contribution in [0.1, 0.15) is 10.4 Å². The van der Waals surface area contributed by atoms with Gasteiger partial charge in [0.05, 0.1) is 18.4 Å². The summed E-state index contributed by atoms with van der Waals surface area (Å²) >= 11 is 18.4. The number of ether oxygens (including phenoxy) is 2. The van der Waals surface area contributed by atoms with Gasteiger partial charge < -0.3 is 9.47 Å². The van der Waals surface area contributed by atoms with E-state index < -0.39 is 15.9 Å². The molecule has 0 aliphatic heterocycles. The fourth-order valence-electron chi connectivity index (χ4n) is 2.61. The number of carbonyl (C=O) groups is 1. The largest absolute Gasteiger partial charge is 0.496 e. The molecule has 7 nitrogen and oxygen atoms in total. The Morgan fingerprint density at radius 3 is 2.39 bits per heavy atom. The van der Waals surface area contributed by atoms with E-state index in [0.717, 1.165) is 6.26 Å². The van der Waals surface area contributed by atoms with E-state index in [1.807, 2.05) is 4.72 Å². The monoisotopic (exact) mass is 500 g/mol. The third-order valence-corrected chi connectivity index (χ3v) is 5.33. The number of hydrogen-bond donors (Lipinski definition) is 1. The smallest absolute Gasteiger partial charge is 0.264 e. The van der Waals surface area contributed by atoms with E-state index in [0.29, 0.717) is 32.7 Å². The van der Waals surface area contributed by atoms with Gasteiger partial charge in [0, 0.05) is 34.0 Å². The van der Waals surface area contributed by atoms with Crippen molar-refractivity contribution in [3.8, 4) is 28.5 Å². The first-order chi connectivity index (χ1) is 14.6. The summed E-state index contributed by atoms with van der Waals surface area (Å²) < 4.78 is 35.5. The Morgan fingerprint density at radius 2 is 1.74 bits per heavy atom. The van der Waals surface area contributed by atoms with Crippen molar-refractivity contribution in [3.63, 3.8) is 0 Å². The van der Waals surface area contributed by atoms with Crippen molar-refractivity contribution < 1.29 is 22.7 Å². The summed E-state index contributed by atoms with van der Waals surface area (Å²) in [5.74, 6) is -0.0240. The summed E-state index contributed by atoms with van der Waals surface area (Å²) in [6.07, 6.45) is 2.40. The van der Waals surface area contributed by atoms with Gasteiger partial charge in [0.2, 0.25) is 15.9 Å². The summed E-state index contributed by atoms with van der Waals surface area (Å²) in [5, 5.41) is 0.988. The summed E-state index contributed by atoms with van der Waals surface area (Å²) in [7, 11) is -2.27. The second-order valence-electron chi connectivity index (χ2n) is 6.31. The average Bonchev–Trinajstić information content (AvgIpc) is 2.70. The van der Waals surface area contributed by atoms with E-state index in [4.69, 9.17) is 44.3 Å². The zero-order chi connectivity index (χ0) is 22.8. The van der Waals surface area contributed by atoms with Crippen molar-refractivity contribution in [2.75, 3.05) is 13.4 Å². The van der Waals surface area contributed by atoms with Gasteiger partial charge in [0.25, 0.3) is 5.91 Å². The lowest BCUT2D eigenvalue weighted by molar-refractivity contribution is 0.0981. The van der Waals surface area contributed by atoms with Crippen LogP contribution in [0.3, 0.4) is 0 Å². The number of nitrogens with zero attached hydrogens (tertiary/aromatic N) is 1. The predicted molar refractivity (Wildman–Crippen MR) is 120 cm³/mol. The molecule has 0 atom stereocenters. The van der Waals surface area contributed by atoms with Crippen LogP contribution < -0.4 is 14.2 Å². The fourth-order valence-corrected chi connectivity index (χ4v) is 3.58. The molecule has 0 spiro atoms. The molecule has 162 valence electrons. The number of nitrogens with one attached hydrogen (secondary N) is 1. The van der Waals surface area contributed by atoms with Gasteiger partial charge in [-0.2, -0.15) is 0 Å². The van der Waals surface area contributed by atoms with Gasteiger partial charge in [-0.3, -0.25) is 4.79 Å². The van der Waals surface area contributed by atoms with E-state index in [1.54, 1.807) is 30.3 Å². The first-order valence-electron chi connectivity index (χ1n) is 8.56. The Hall–Kier alpha value is -2.52. The number of sulfonamides is 1. The minimum atomic E-state index is -3.69. The highest BCUT2D eigenvalue weighted by atomic mass is 35.5. The van der Waals surface area contributed by atoms with Gasteiger partial charge in [-0.15, -0.1) is 0 Å². The molecular weight excluding hydrogens is 487 g/mol. The Bertz CT molecular complexity index is 1270. The second kappa shape index (κ2) is 9.32. The number of aromatic nitrogens is 1. The molecule has 2 aromatic carbocycles. The van der Waals surface area contributed by atoms with E-state index in [9.17, 15) is 13.2 Å². The van der Waals surface area contributed by atoms with Gasteiger partial charge in [0.15, 0.2) is 0 Å². The van der Waals surface area contributed by atoms with Crippen LogP contribution in [0.25, 0.3) is 11.1 Å². The number of benzene rings is 2. The standard InChI is InChI=1S/C20H15Cl3N2O5S/c1-29-17-8-11(19(26)25-31(2,27)28)3-5-14(17)12-7-16(23)20(24-10-12)30-18-9-13(21)4-6-15(18)22/h3-10H,1-2H3,(H,25,26). The lowest BCUT2D eigenvalue weighted by Crippen LogP contribution is -2.29. The zero-order valence-electron chi connectivity index (χ0n) is 16.1. The molecule has 0 aliphatic rings. The van der Waals surface area contributed by atoms with Crippen molar-refractivity contribution in [3.05, 3.63) is 69.3 Å². The molecule has 0 fully saturated rings. The minimum absolute atomic E-state index is 0.112. The highest BCUT2D eigenvalue weighted by Crippen LogP contribution is 2.37. The van der Waals surface area contributed by atoms with Gasteiger partial charge in [-0.25, -0.2) is 18.1 Å². The molecule has 3 rings (SSSR count). The molecule has 0 bridgehead atoms. The van der Waals surface area contributed by atoms with Crippen LogP contribution in [0.4, 0.5) is 0 Å². The maximum Gasteiger partial charge on any atom is 0.264 e. The average molecular weight is 502 g/mol. The number of methoxy groups -OCH3 is 1. The summed E-state index contributed by atoms with van der Waals surface area (Å²) in [6.45, 7) is 0. The van der Waals surface area contributed by atoms with Crippen LogP contribution >= 0.6 is 34.8 Å². The summed E-state index contributed by atoms with van der Waals surface area (Å²) in [5.41, 5.74) is 1.28. The quantitative estimate of drug-likeness (QED) is 0.499. The van der Waals surface area contributed by atoms with Crippen molar-refractivity contribution in [1.82, 2.24) is 9.71 Å². The molecule has 0 aliphatic carbocycles. The lowest BCUT2D eigenvalue weighted by atomic mass is 10.0. The number of pyridine rings is 1. The Kier molecular flexibility index (Phi) is 6.96. The number of halogens is 3. The van der Waals surface area contributed by atoms with Gasteiger partial charge in [-0.1, -0.05) is 34.8 Å². The molecule has 0 saturated carbocycles. The Balaban J connectivity index is 1.91. The highest BCUT2D eigenvalue weighted by Gasteiger charge is 2.16. The molecule has 3 aromatic rings. The first kappa shape index (κ1) is 23.1. The van der Waals surface area contributed by atoms with E-state index >= 15 is 0 Å². The third kappa shape index (κ3) is 5.80. The van der Waals surface area contributed by atoms with Gasteiger partial charge in [0.1, 0.15) is 16.5 Å². The van der Waals surface area contributed by atoms with Crippen molar-refractivity contribution in [2.24, 2.45) is 0 Å². The maximum absolute atomic E-state index is 12.1. The Morgan fingerprint density at radius 1 is 1.00 bits per heavy atom. The topological polar surface area (TPSA) is 94.6 Å². The van der Waals surface area contributed by atoms with Crippen LogP contribution in [-0.4, -0.2) is 32.7 Å². The van der Waals surface area contributed by atoms with E-state index in [2.05, 4.69) is 4.98 Å². The van der Waals surface area contributed by atoms with Gasteiger partial charge in [-0.05, 0) is 36.4 Å². The Labute approximate surface area is 193 Å². The van der Waals surface area contributed by atoms with E-state index in [-0.39, 0.29) is 16.5 Å². The van der Waals surface area contributed by atoms with Crippen molar-refractivity contribution in [2.45, 2.75) is 0 Å². The molecule has 11 heteroatoms. The van der Waals surface area contributed by atoms with Crippen LogP contribution in [0.5, 0.6) is 17.4 Å². The number of hydrogen-bond acceptors (Lipinski definition) is 6. The molecule has 31 heavy (non-hydrogen) atoms. The molecular formula is C20H15Cl3N2O5S. The van der Waals surface area contributed by atoms with Crippen LogP contribution in [0.15, 0.2) is 48.7 Å². The van der Waals surface area contributed by atoms with Crippen LogP contribution in [0.2, 0.25) is 15.1 Å². The maximum atomic E-state index is 12.1. The fraction of sp³-hybridized carbons (Fsp3) is 0.100. The minimum Gasteiger partial charge on any atom is -0.496 e. The van der Waals surface area contributed by atoms with Crippen LogP contribution in [0, 0.1) is 0 Å². The summed E-state index contributed by atoms with van der Waals surface area (Å²) in [4.78, 5) is 16.3. The zero-order valence-corrected chi connectivity index (χ0v) is 19.2. The van der Waals surface area contributed by atoms with Crippen molar-refractivity contribution >= 4 is 50.7 Å².